The molecule has 0 aliphatic rings. The smallest absolute Gasteiger partial charge is 0.247 e. The van der Waals surface area contributed by atoms with E-state index in [0.29, 0.717) is 5.95 Å². The zero-order chi connectivity index (χ0) is 15.4. The summed E-state index contributed by atoms with van der Waals surface area (Å²) in [4.78, 5) is 2.19. The molecule has 0 aliphatic heterocycles. The molecule has 0 saturated heterocycles. The molecule has 22 heavy (non-hydrogen) atoms. The highest BCUT2D eigenvalue weighted by Gasteiger charge is 2.16. The summed E-state index contributed by atoms with van der Waals surface area (Å²) in [6.07, 6.45) is 0. The molecule has 6 nitrogen and oxygen atoms in total. The SMILES string of the molecule is CN(C)C(CNc1nnnn1-c1ccccc1)c1ccsc1. The maximum Gasteiger partial charge on any atom is 0.247 e. The summed E-state index contributed by atoms with van der Waals surface area (Å²) in [5, 5.41) is 19.5. The van der Waals surface area contributed by atoms with Crippen LogP contribution in [0.25, 0.3) is 5.69 Å². The first-order chi connectivity index (χ1) is 10.8. The highest BCUT2D eigenvalue weighted by Crippen LogP contribution is 2.21. The van der Waals surface area contributed by atoms with Gasteiger partial charge in [0.25, 0.3) is 0 Å². The molecule has 0 saturated carbocycles. The first-order valence-electron chi connectivity index (χ1n) is 7.02. The van der Waals surface area contributed by atoms with Gasteiger partial charge in [0, 0.05) is 6.54 Å². The Kier molecular flexibility index (Phi) is 4.45. The normalized spacial score (nSPS) is 12.5. The van der Waals surface area contributed by atoms with E-state index in [-0.39, 0.29) is 6.04 Å². The van der Waals surface area contributed by atoms with Crippen molar-refractivity contribution < 1.29 is 0 Å². The molecule has 3 rings (SSSR count). The number of thiophene rings is 1. The molecular formula is C15H18N6S. The fourth-order valence-corrected chi connectivity index (χ4v) is 3.00. The third-order valence-electron chi connectivity index (χ3n) is 3.48. The minimum Gasteiger partial charge on any atom is -0.351 e. The van der Waals surface area contributed by atoms with Gasteiger partial charge in [0.1, 0.15) is 0 Å². The summed E-state index contributed by atoms with van der Waals surface area (Å²) in [6, 6.07) is 12.3. The molecule has 0 bridgehead atoms. The van der Waals surface area contributed by atoms with Gasteiger partial charge < -0.3 is 10.2 Å². The Morgan fingerprint density at radius 1 is 1.23 bits per heavy atom. The standard InChI is InChI=1S/C15H18N6S/c1-20(2)14(12-8-9-22-11-12)10-16-15-17-18-19-21(15)13-6-4-3-5-7-13/h3-9,11,14H,10H2,1-2H3,(H,16,17,19). The summed E-state index contributed by atoms with van der Waals surface area (Å²) >= 11 is 1.71. The van der Waals surface area contributed by atoms with E-state index in [1.807, 2.05) is 30.3 Å². The fraction of sp³-hybridized carbons (Fsp3) is 0.267. The lowest BCUT2D eigenvalue weighted by Gasteiger charge is -2.24. The summed E-state index contributed by atoms with van der Waals surface area (Å²) in [5.74, 6) is 0.647. The molecule has 1 atom stereocenters. The van der Waals surface area contributed by atoms with Gasteiger partial charge in [0.2, 0.25) is 5.95 Å². The number of rotatable bonds is 6. The van der Waals surface area contributed by atoms with Crippen LogP contribution in [0.5, 0.6) is 0 Å². The minimum atomic E-state index is 0.271. The largest absolute Gasteiger partial charge is 0.351 e. The summed E-state index contributed by atoms with van der Waals surface area (Å²) in [6.45, 7) is 0.733. The molecule has 0 fully saturated rings. The van der Waals surface area contributed by atoms with Crippen LogP contribution in [0.1, 0.15) is 11.6 Å². The van der Waals surface area contributed by atoms with Crippen LogP contribution in [0.15, 0.2) is 47.2 Å². The predicted octanol–water partition coefficient (Wildman–Crippen LogP) is 2.44. The quantitative estimate of drug-likeness (QED) is 0.757. The Balaban J connectivity index is 1.76. The van der Waals surface area contributed by atoms with Gasteiger partial charge in [-0.25, -0.2) is 0 Å². The third-order valence-corrected chi connectivity index (χ3v) is 4.18. The summed E-state index contributed by atoms with van der Waals surface area (Å²) < 4.78 is 1.71. The summed E-state index contributed by atoms with van der Waals surface area (Å²) in [7, 11) is 4.15. The third kappa shape index (κ3) is 3.15. The number of anilines is 1. The lowest BCUT2D eigenvalue weighted by Crippen LogP contribution is -2.27. The Bertz CT molecular complexity index is 692. The maximum absolute atomic E-state index is 4.08. The van der Waals surface area contributed by atoms with Crippen LogP contribution in [0.2, 0.25) is 0 Å². The topological polar surface area (TPSA) is 58.9 Å². The molecule has 1 unspecified atom stereocenters. The first kappa shape index (κ1) is 14.7. The Hall–Kier alpha value is -2.25. The van der Waals surface area contributed by atoms with Gasteiger partial charge in [-0.3, -0.25) is 0 Å². The van der Waals surface area contributed by atoms with Crippen LogP contribution in [-0.2, 0) is 0 Å². The molecular weight excluding hydrogens is 296 g/mol. The van der Waals surface area contributed by atoms with E-state index in [1.165, 1.54) is 5.56 Å². The van der Waals surface area contributed by atoms with Crippen LogP contribution < -0.4 is 5.32 Å². The fourth-order valence-electron chi connectivity index (χ4n) is 2.29. The molecule has 2 aromatic heterocycles. The molecule has 0 spiro atoms. The van der Waals surface area contributed by atoms with E-state index < -0.39 is 0 Å². The van der Waals surface area contributed by atoms with E-state index in [2.05, 4.69) is 56.7 Å². The van der Waals surface area contributed by atoms with Crippen molar-refractivity contribution in [1.29, 1.82) is 0 Å². The number of hydrogen-bond acceptors (Lipinski definition) is 6. The second-order valence-corrected chi connectivity index (χ2v) is 5.95. The van der Waals surface area contributed by atoms with E-state index in [0.717, 1.165) is 12.2 Å². The van der Waals surface area contributed by atoms with Gasteiger partial charge in [-0.05, 0) is 59.0 Å². The molecule has 7 heteroatoms. The zero-order valence-electron chi connectivity index (χ0n) is 12.5. The number of likely N-dealkylation sites (N-methyl/N-ethyl adjacent to an activating group) is 1. The van der Waals surface area contributed by atoms with Crippen molar-refractivity contribution in [1.82, 2.24) is 25.1 Å². The Morgan fingerprint density at radius 3 is 2.73 bits per heavy atom. The van der Waals surface area contributed by atoms with Gasteiger partial charge in [0.05, 0.1) is 11.7 Å². The average Bonchev–Trinajstić information content (AvgIpc) is 3.19. The van der Waals surface area contributed by atoms with E-state index in [1.54, 1.807) is 16.0 Å². The molecule has 0 amide bonds. The number of benzene rings is 1. The van der Waals surface area contributed by atoms with Crippen molar-refractivity contribution in [3.8, 4) is 5.69 Å². The van der Waals surface area contributed by atoms with Gasteiger partial charge in [0.15, 0.2) is 0 Å². The van der Waals surface area contributed by atoms with Crippen molar-refractivity contribution in [3.05, 3.63) is 52.7 Å². The highest BCUT2D eigenvalue weighted by atomic mass is 32.1. The highest BCUT2D eigenvalue weighted by molar-refractivity contribution is 7.07. The molecule has 1 aromatic carbocycles. The number of nitrogens with zero attached hydrogens (tertiary/aromatic N) is 5. The first-order valence-corrected chi connectivity index (χ1v) is 7.96. The number of hydrogen-bond donors (Lipinski definition) is 1. The predicted molar refractivity (Wildman–Crippen MR) is 88.4 cm³/mol. The Labute approximate surface area is 133 Å². The van der Waals surface area contributed by atoms with Gasteiger partial charge in [-0.15, -0.1) is 0 Å². The van der Waals surface area contributed by atoms with Crippen LogP contribution >= 0.6 is 11.3 Å². The van der Waals surface area contributed by atoms with E-state index >= 15 is 0 Å². The second-order valence-electron chi connectivity index (χ2n) is 5.17. The number of nitrogens with one attached hydrogen (secondary N) is 1. The average molecular weight is 314 g/mol. The monoisotopic (exact) mass is 314 g/mol. The van der Waals surface area contributed by atoms with Gasteiger partial charge in [-0.1, -0.05) is 23.3 Å². The van der Waals surface area contributed by atoms with Crippen molar-refractivity contribution in [2.24, 2.45) is 0 Å². The van der Waals surface area contributed by atoms with Crippen molar-refractivity contribution >= 4 is 17.3 Å². The van der Waals surface area contributed by atoms with Crippen molar-refractivity contribution in [2.45, 2.75) is 6.04 Å². The maximum atomic E-state index is 4.08. The van der Waals surface area contributed by atoms with Crippen LogP contribution in [0.4, 0.5) is 5.95 Å². The lowest BCUT2D eigenvalue weighted by atomic mass is 10.1. The van der Waals surface area contributed by atoms with E-state index in [9.17, 15) is 0 Å². The zero-order valence-corrected chi connectivity index (χ0v) is 13.4. The van der Waals surface area contributed by atoms with Gasteiger partial charge >= 0.3 is 0 Å². The van der Waals surface area contributed by atoms with Crippen LogP contribution in [0.3, 0.4) is 0 Å². The number of para-hydroxylation sites is 1. The number of aromatic nitrogens is 4. The van der Waals surface area contributed by atoms with Gasteiger partial charge in [-0.2, -0.15) is 16.0 Å². The molecule has 1 N–H and O–H groups in total. The second kappa shape index (κ2) is 6.67. The van der Waals surface area contributed by atoms with Crippen LogP contribution in [-0.4, -0.2) is 45.7 Å². The molecule has 114 valence electrons. The van der Waals surface area contributed by atoms with Crippen molar-refractivity contribution in [3.63, 3.8) is 0 Å². The molecule has 2 heterocycles. The minimum absolute atomic E-state index is 0.271. The van der Waals surface area contributed by atoms with Crippen LogP contribution in [0, 0.1) is 0 Å². The number of tetrazole rings is 1. The Morgan fingerprint density at radius 2 is 2.05 bits per heavy atom. The molecule has 0 radical (unpaired) electrons. The molecule has 3 aromatic rings. The summed E-state index contributed by atoms with van der Waals surface area (Å²) in [5.41, 5.74) is 2.23. The molecule has 0 aliphatic carbocycles. The lowest BCUT2D eigenvalue weighted by molar-refractivity contribution is 0.312. The van der Waals surface area contributed by atoms with Crippen molar-refractivity contribution in [2.75, 3.05) is 26.0 Å². The van der Waals surface area contributed by atoms with E-state index in [4.69, 9.17) is 0 Å².